The molecule has 0 fully saturated rings. The quantitative estimate of drug-likeness (QED) is 0.885. The summed E-state index contributed by atoms with van der Waals surface area (Å²) in [7, 11) is 1.58. The first-order chi connectivity index (χ1) is 10.5. The Labute approximate surface area is 133 Å². The Balaban J connectivity index is 1.94. The van der Waals surface area contributed by atoms with Crippen LogP contribution in [0.4, 0.5) is 5.13 Å². The lowest BCUT2D eigenvalue weighted by atomic mass is 10.1. The molecule has 0 saturated carbocycles. The van der Waals surface area contributed by atoms with Crippen molar-refractivity contribution >= 4 is 22.4 Å². The molecule has 0 aliphatic carbocycles. The maximum atomic E-state index is 11.9. The summed E-state index contributed by atoms with van der Waals surface area (Å²) in [5, 5.41) is 11.6. The zero-order chi connectivity index (χ0) is 16.1. The highest BCUT2D eigenvalue weighted by Crippen LogP contribution is 2.25. The monoisotopic (exact) mass is 321 g/mol. The molecule has 1 aromatic heterocycles. The van der Waals surface area contributed by atoms with Gasteiger partial charge in [0, 0.05) is 7.11 Å². The summed E-state index contributed by atoms with van der Waals surface area (Å²) in [6.45, 7) is 6.27. The first-order valence-corrected chi connectivity index (χ1v) is 7.63. The second-order valence-corrected chi connectivity index (χ2v) is 5.99. The van der Waals surface area contributed by atoms with Crippen LogP contribution in [-0.4, -0.2) is 29.8 Å². The van der Waals surface area contributed by atoms with Gasteiger partial charge in [0.25, 0.3) is 5.91 Å². The molecule has 2 rings (SSSR count). The fraction of sp³-hybridized carbons (Fsp3) is 0.400. The number of aryl methyl sites for hydroxylation is 2. The van der Waals surface area contributed by atoms with Gasteiger partial charge in [-0.15, -0.1) is 10.2 Å². The van der Waals surface area contributed by atoms with Gasteiger partial charge in [-0.1, -0.05) is 23.5 Å². The molecule has 0 saturated heterocycles. The maximum Gasteiger partial charge on any atom is 0.264 e. The van der Waals surface area contributed by atoms with E-state index in [1.165, 1.54) is 11.3 Å². The smallest absolute Gasteiger partial charge is 0.264 e. The van der Waals surface area contributed by atoms with Crippen molar-refractivity contribution in [3.63, 3.8) is 0 Å². The molecule has 1 N–H and O–H groups in total. The number of rotatable bonds is 6. The van der Waals surface area contributed by atoms with E-state index >= 15 is 0 Å². The first kappa shape index (κ1) is 16.4. The number of nitrogens with one attached hydrogen (secondary N) is 1. The van der Waals surface area contributed by atoms with Crippen LogP contribution in [0.1, 0.15) is 21.7 Å². The number of ether oxygens (including phenoxy) is 2. The van der Waals surface area contributed by atoms with Gasteiger partial charge in [0.1, 0.15) is 17.4 Å². The van der Waals surface area contributed by atoms with E-state index in [0.29, 0.717) is 16.7 Å². The number of anilines is 1. The molecule has 0 aliphatic rings. The third-order valence-electron chi connectivity index (χ3n) is 3.20. The van der Waals surface area contributed by atoms with E-state index in [1.807, 2.05) is 32.9 Å². The Morgan fingerprint density at radius 3 is 2.68 bits per heavy atom. The zero-order valence-corrected chi connectivity index (χ0v) is 13.9. The molecule has 1 heterocycles. The molecular weight excluding hydrogens is 302 g/mol. The summed E-state index contributed by atoms with van der Waals surface area (Å²) in [5.74, 6) is 0.493. The number of benzene rings is 1. The van der Waals surface area contributed by atoms with Crippen LogP contribution in [0.5, 0.6) is 5.75 Å². The standard InChI is InChI=1S/C15H19N3O3S/c1-9-5-6-10(2)14(11(9)3)21-7-12(19)16-15-18-17-13(22-15)8-20-4/h5-6H,7-8H2,1-4H3,(H,16,18,19). The average molecular weight is 321 g/mol. The number of carbonyl (C=O) groups excluding carboxylic acids is 1. The predicted molar refractivity (Wildman–Crippen MR) is 85.4 cm³/mol. The van der Waals surface area contributed by atoms with Crippen LogP contribution >= 0.6 is 11.3 Å². The molecule has 22 heavy (non-hydrogen) atoms. The normalized spacial score (nSPS) is 10.5. The summed E-state index contributed by atoms with van der Waals surface area (Å²) in [6, 6.07) is 4.02. The van der Waals surface area contributed by atoms with Crippen LogP contribution in [0.15, 0.2) is 12.1 Å². The van der Waals surface area contributed by atoms with Gasteiger partial charge in [-0.25, -0.2) is 0 Å². The highest BCUT2D eigenvalue weighted by Gasteiger charge is 2.11. The second kappa shape index (κ2) is 7.33. The molecule has 0 radical (unpaired) electrons. The Morgan fingerprint density at radius 1 is 1.23 bits per heavy atom. The summed E-state index contributed by atoms with van der Waals surface area (Å²) in [6.07, 6.45) is 0. The third-order valence-corrected chi connectivity index (χ3v) is 4.01. The number of hydrogen-bond donors (Lipinski definition) is 1. The van der Waals surface area contributed by atoms with Crippen LogP contribution in [0.2, 0.25) is 0 Å². The van der Waals surface area contributed by atoms with Crippen molar-refractivity contribution in [1.29, 1.82) is 0 Å². The van der Waals surface area contributed by atoms with Gasteiger partial charge >= 0.3 is 0 Å². The number of amides is 1. The number of hydrogen-bond acceptors (Lipinski definition) is 6. The van der Waals surface area contributed by atoms with Crippen LogP contribution < -0.4 is 10.1 Å². The molecule has 0 spiro atoms. The zero-order valence-electron chi connectivity index (χ0n) is 13.1. The Bertz CT molecular complexity index is 670. The van der Waals surface area contributed by atoms with Gasteiger partial charge in [-0.2, -0.15) is 0 Å². The third kappa shape index (κ3) is 4.02. The van der Waals surface area contributed by atoms with Crippen molar-refractivity contribution in [3.05, 3.63) is 33.8 Å². The van der Waals surface area contributed by atoms with E-state index < -0.39 is 0 Å². The van der Waals surface area contributed by atoms with E-state index in [0.717, 1.165) is 22.4 Å². The average Bonchev–Trinajstić information content (AvgIpc) is 2.91. The topological polar surface area (TPSA) is 73.3 Å². The molecule has 0 bridgehead atoms. The molecule has 2 aromatic rings. The van der Waals surface area contributed by atoms with Crippen molar-refractivity contribution in [1.82, 2.24) is 10.2 Å². The summed E-state index contributed by atoms with van der Waals surface area (Å²) in [5.41, 5.74) is 3.19. The van der Waals surface area contributed by atoms with Crippen molar-refractivity contribution in [2.45, 2.75) is 27.4 Å². The number of carbonyl (C=O) groups is 1. The fourth-order valence-corrected chi connectivity index (χ4v) is 2.65. The highest BCUT2D eigenvalue weighted by atomic mass is 32.1. The number of nitrogens with zero attached hydrogens (tertiary/aromatic N) is 2. The van der Waals surface area contributed by atoms with Gasteiger partial charge < -0.3 is 9.47 Å². The van der Waals surface area contributed by atoms with Gasteiger partial charge in [-0.05, 0) is 37.5 Å². The van der Waals surface area contributed by atoms with Gasteiger partial charge in [-0.3, -0.25) is 10.1 Å². The van der Waals surface area contributed by atoms with E-state index in [2.05, 4.69) is 15.5 Å². The first-order valence-electron chi connectivity index (χ1n) is 6.82. The Morgan fingerprint density at radius 2 is 1.95 bits per heavy atom. The molecule has 0 atom stereocenters. The lowest BCUT2D eigenvalue weighted by Gasteiger charge is -2.13. The Hall–Kier alpha value is -1.99. The van der Waals surface area contributed by atoms with Crippen LogP contribution in [0, 0.1) is 20.8 Å². The van der Waals surface area contributed by atoms with Crippen molar-refractivity contribution in [2.75, 3.05) is 19.0 Å². The largest absolute Gasteiger partial charge is 0.483 e. The SMILES string of the molecule is COCc1nnc(NC(=O)COc2c(C)ccc(C)c2C)s1. The summed E-state index contributed by atoms with van der Waals surface area (Å²) in [4.78, 5) is 11.9. The minimum atomic E-state index is -0.263. The molecule has 6 nitrogen and oxygen atoms in total. The van der Waals surface area contributed by atoms with Crippen LogP contribution in [-0.2, 0) is 16.1 Å². The molecule has 0 unspecified atom stereocenters. The van der Waals surface area contributed by atoms with Crippen molar-refractivity contribution in [3.8, 4) is 5.75 Å². The summed E-state index contributed by atoms with van der Waals surface area (Å²) < 4.78 is 10.6. The van der Waals surface area contributed by atoms with Gasteiger partial charge in [0.05, 0.1) is 0 Å². The fourth-order valence-electron chi connectivity index (χ4n) is 1.93. The summed E-state index contributed by atoms with van der Waals surface area (Å²) >= 11 is 1.28. The second-order valence-electron chi connectivity index (χ2n) is 4.92. The predicted octanol–water partition coefficient (Wildman–Crippen LogP) is 2.63. The van der Waals surface area contributed by atoms with Crippen LogP contribution in [0.25, 0.3) is 0 Å². The molecule has 1 aromatic carbocycles. The molecular formula is C15H19N3O3S. The van der Waals surface area contributed by atoms with Crippen LogP contribution in [0.3, 0.4) is 0 Å². The minimum absolute atomic E-state index is 0.0652. The molecule has 118 valence electrons. The van der Waals surface area contributed by atoms with E-state index in [4.69, 9.17) is 9.47 Å². The number of aromatic nitrogens is 2. The van der Waals surface area contributed by atoms with Crippen molar-refractivity contribution in [2.24, 2.45) is 0 Å². The van der Waals surface area contributed by atoms with E-state index in [1.54, 1.807) is 7.11 Å². The minimum Gasteiger partial charge on any atom is -0.483 e. The lowest BCUT2D eigenvalue weighted by Crippen LogP contribution is -2.20. The lowest BCUT2D eigenvalue weighted by molar-refractivity contribution is -0.118. The van der Waals surface area contributed by atoms with Gasteiger partial charge in [0.15, 0.2) is 6.61 Å². The van der Waals surface area contributed by atoms with Crippen molar-refractivity contribution < 1.29 is 14.3 Å². The maximum absolute atomic E-state index is 11.9. The number of methoxy groups -OCH3 is 1. The highest BCUT2D eigenvalue weighted by molar-refractivity contribution is 7.15. The van der Waals surface area contributed by atoms with E-state index in [-0.39, 0.29) is 12.5 Å². The molecule has 0 aliphatic heterocycles. The molecule has 1 amide bonds. The van der Waals surface area contributed by atoms with Gasteiger partial charge in [0.2, 0.25) is 5.13 Å². The Kier molecular flexibility index (Phi) is 5.46. The molecule has 7 heteroatoms. The van der Waals surface area contributed by atoms with E-state index in [9.17, 15) is 4.79 Å².